The van der Waals surface area contributed by atoms with E-state index in [2.05, 4.69) is 11.2 Å². The third kappa shape index (κ3) is 1.21. The third-order valence-electron chi connectivity index (χ3n) is 2.22. The smallest absolute Gasteiger partial charge is 0.0926 e. The molecular formula is C10H13N3. The van der Waals surface area contributed by atoms with Crippen LogP contribution >= 0.6 is 0 Å². The van der Waals surface area contributed by atoms with E-state index >= 15 is 0 Å². The van der Waals surface area contributed by atoms with E-state index in [1.54, 1.807) is 0 Å². The quantitative estimate of drug-likeness (QED) is 0.715. The molecule has 0 unspecified atom stereocenters. The van der Waals surface area contributed by atoms with E-state index in [0.717, 1.165) is 16.6 Å². The molecule has 0 saturated heterocycles. The van der Waals surface area contributed by atoms with Crippen molar-refractivity contribution in [3.05, 3.63) is 30.0 Å². The van der Waals surface area contributed by atoms with E-state index in [4.69, 9.17) is 5.73 Å². The van der Waals surface area contributed by atoms with Crippen LogP contribution in [0, 0.1) is 0 Å². The first kappa shape index (κ1) is 8.26. The number of nitrogens with zero attached hydrogens (tertiary/aromatic N) is 2. The Morgan fingerprint density at radius 1 is 1.38 bits per heavy atom. The summed E-state index contributed by atoms with van der Waals surface area (Å²) in [6, 6.07) is 8.08. The Kier molecular flexibility index (Phi) is 1.81. The number of fused-ring (bicyclic) bond motifs is 1. The van der Waals surface area contributed by atoms with E-state index < -0.39 is 0 Å². The lowest BCUT2D eigenvalue weighted by Crippen LogP contribution is -2.10. The average Bonchev–Trinajstić information content (AvgIpc) is 2.39. The molecule has 0 fully saturated rings. The van der Waals surface area contributed by atoms with Gasteiger partial charge in [0.1, 0.15) is 0 Å². The van der Waals surface area contributed by atoms with Crippen LogP contribution in [0.3, 0.4) is 0 Å². The Hall–Kier alpha value is -1.35. The molecule has 2 rings (SSSR count). The average molecular weight is 175 g/mol. The second-order valence-corrected chi connectivity index (χ2v) is 3.31. The molecule has 0 aliphatic heterocycles. The first-order chi connectivity index (χ1) is 6.20. The largest absolute Gasteiger partial charge is 0.323 e. The molecule has 68 valence electrons. The fraction of sp³-hybridized carbons (Fsp3) is 0.300. The second-order valence-electron chi connectivity index (χ2n) is 3.31. The SMILES string of the molecule is C[C@@H](N)c1c2ccccc2nn1C. The molecule has 1 aromatic heterocycles. The summed E-state index contributed by atoms with van der Waals surface area (Å²) in [5.74, 6) is 0. The zero-order valence-corrected chi connectivity index (χ0v) is 7.86. The predicted molar refractivity (Wildman–Crippen MR) is 53.3 cm³/mol. The summed E-state index contributed by atoms with van der Waals surface area (Å²) >= 11 is 0. The molecule has 0 amide bonds. The van der Waals surface area contributed by atoms with Crippen molar-refractivity contribution in [2.75, 3.05) is 0 Å². The van der Waals surface area contributed by atoms with E-state index in [9.17, 15) is 0 Å². The van der Waals surface area contributed by atoms with Crippen LogP contribution in [0.1, 0.15) is 18.7 Å². The van der Waals surface area contributed by atoms with Gasteiger partial charge in [0.15, 0.2) is 0 Å². The van der Waals surface area contributed by atoms with Crippen molar-refractivity contribution in [1.82, 2.24) is 9.78 Å². The fourth-order valence-corrected chi connectivity index (χ4v) is 1.71. The van der Waals surface area contributed by atoms with Crippen LogP contribution in [0.4, 0.5) is 0 Å². The van der Waals surface area contributed by atoms with E-state index in [-0.39, 0.29) is 6.04 Å². The van der Waals surface area contributed by atoms with Crippen LogP contribution in [0.15, 0.2) is 24.3 Å². The highest BCUT2D eigenvalue weighted by Gasteiger charge is 2.10. The third-order valence-corrected chi connectivity index (χ3v) is 2.22. The summed E-state index contributed by atoms with van der Waals surface area (Å²) in [5.41, 5.74) is 7.97. The Balaban J connectivity index is 2.78. The first-order valence-corrected chi connectivity index (χ1v) is 4.37. The summed E-state index contributed by atoms with van der Waals surface area (Å²) in [4.78, 5) is 0. The van der Waals surface area contributed by atoms with Gasteiger partial charge in [0.25, 0.3) is 0 Å². The van der Waals surface area contributed by atoms with Crippen molar-refractivity contribution < 1.29 is 0 Å². The molecule has 3 nitrogen and oxygen atoms in total. The molecule has 1 aromatic carbocycles. The van der Waals surface area contributed by atoms with Gasteiger partial charge in [0.05, 0.1) is 11.2 Å². The minimum atomic E-state index is 0.0254. The van der Waals surface area contributed by atoms with Gasteiger partial charge in [-0.25, -0.2) is 0 Å². The molecule has 1 atom stereocenters. The summed E-state index contributed by atoms with van der Waals surface area (Å²) in [6.45, 7) is 1.98. The predicted octanol–water partition coefficient (Wildman–Crippen LogP) is 1.59. The van der Waals surface area contributed by atoms with Gasteiger partial charge < -0.3 is 5.73 Å². The van der Waals surface area contributed by atoms with Crippen molar-refractivity contribution in [2.45, 2.75) is 13.0 Å². The summed E-state index contributed by atoms with van der Waals surface area (Å²) < 4.78 is 1.86. The van der Waals surface area contributed by atoms with E-state index in [0.29, 0.717) is 0 Å². The number of rotatable bonds is 1. The Bertz CT molecular complexity index is 429. The Morgan fingerprint density at radius 2 is 2.08 bits per heavy atom. The molecule has 0 radical (unpaired) electrons. The molecule has 0 spiro atoms. The van der Waals surface area contributed by atoms with Crippen LogP contribution in [0.2, 0.25) is 0 Å². The minimum absolute atomic E-state index is 0.0254. The molecule has 2 aromatic rings. The Morgan fingerprint density at radius 3 is 2.77 bits per heavy atom. The van der Waals surface area contributed by atoms with Gasteiger partial charge >= 0.3 is 0 Å². The highest BCUT2D eigenvalue weighted by Crippen LogP contribution is 2.21. The summed E-state index contributed by atoms with van der Waals surface area (Å²) in [5, 5.41) is 5.52. The lowest BCUT2D eigenvalue weighted by Gasteiger charge is -2.05. The lowest BCUT2D eigenvalue weighted by atomic mass is 10.1. The van der Waals surface area contributed by atoms with Crippen molar-refractivity contribution >= 4 is 10.9 Å². The minimum Gasteiger partial charge on any atom is -0.323 e. The number of aryl methyl sites for hydroxylation is 1. The van der Waals surface area contributed by atoms with Crippen LogP contribution in [-0.2, 0) is 7.05 Å². The topological polar surface area (TPSA) is 43.8 Å². The van der Waals surface area contributed by atoms with Gasteiger partial charge in [-0.1, -0.05) is 18.2 Å². The number of benzene rings is 1. The van der Waals surface area contributed by atoms with E-state index in [1.165, 1.54) is 0 Å². The molecular weight excluding hydrogens is 162 g/mol. The molecule has 2 N–H and O–H groups in total. The molecule has 0 aliphatic carbocycles. The van der Waals surface area contributed by atoms with Crippen molar-refractivity contribution in [2.24, 2.45) is 12.8 Å². The second kappa shape index (κ2) is 2.85. The molecule has 3 heteroatoms. The normalized spacial score (nSPS) is 13.5. The maximum atomic E-state index is 5.86. The van der Waals surface area contributed by atoms with Crippen molar-refractivity contribution in [3.8, 4) is 0 Å². The standard InChI is InChI=1S/C10H13N3/c1-7(11)10-8-5-3-4-6-9(8)12-13(10)2/h3-7H,11H2,1-2H3/t7-/m1/s1. The van der Waals surface area contributed by atoms with Crippen LogP contribution in [-0.4, -0.2) is 9.78 Å². The molecule has 0 saturated carbocycles. The van der Waals surface area contributed by atoms with E-state index in [1.807, 2.05) is 36.9 Å². The van der Waals surface area contributed by atoms with Crippen molar-refractivity contribution in [1.29, 1.82) is 0 Å². The zero-order valence-electron chi connectivity index (χ0n) is 7.86. The maximum absolute atomic E-state index is 5.86. The van der Waals surface area contributed by atoms with Crippen molar-refractivity contribution in [3.63, 3.8) is 0 Å². The van der Waals surface area contributed by atoms with Crippen LogP contribution < -0.4 is 5.73 Å². The molecule has 0 aliphatic rings. The van der Waals surface area contributed by atoms with Gasteiger partial charge in [-0.2, -0.15) is 5.10 Å². The summed E-state index contributed by atoms with van der Waals surface area (Å²) in [6.07, 6.45) is 0. The van der Waals surface area contributed by atoms with Gasteiger partial charge in [-0.05, 0) is 13.0 Å². The van der Waals surface area contributed by atoms with Gasteiger partial charge in [0.2, 0.25) is 0 Å². The highest BCUT2D eigenvalue weighted by molar-refractivity contribution is 5.81. The van der Waals surface area contributed by atoms with Crippen LogP contribution in [0.5, 0.6) is 0 Å². The zero-order chi connectivity index (χ0) is 9.42. The van der Waals surface area contributed by atoms with Gasteiger partial charge in [-0.3, -0.25) is 4.68 Å². The molecule has 13 heavy (non-hydrogen) atoms. The summed E-state index contributed by atoms with van der Waals surface area (Å²) in [7, 11) is 1.93. The number of nitrogens with two attached hydrogens (primary N) is 1. The molecule has 1 heterocycles. The van der Waals surface area contributed by atoms with Gasteiger partial charge in [0, 0.05) is 18.5 Å². The molecule has 0 bridgehead atoms. The number of aromatic nitrogens is 2. The first-order valence-electron chi connectivity index (χ1n) is 4.37. The van der Waals surface area contributed by atoms with Crippen LogP contribution in [0.25, 0.3) is 10.9 Å². The Labute approximate surface area is 77.2 Å². The highest BCUT2D eigenvalue weighted by atomic mass is 15.3. The monoisotopic (exact) mass is 175 g/mol. The van der Waals surface area contributed by atoms with Gasteiger partial charge in [-0.15, -0.1) is 0 Å². The number of hydrogen-bond donors (Lipinski definition) is 1. The fourth-order valence-electron chi connectivity index (χ4n) is 1.71. The lowest BCUT2D eigenvalue weighted by molar-refractivity contribution is 0.662. The maximum Gasteiger partial charge on any atom is 0.0926 e. The number of hydrogen-bond acceptors (Lipinski definition) is 2.